The third kappa shape index (κ3) is 17.6. The molecule has 0 aromatic rings. The van der Waals surface area contributed by atoms with Gasteiger partial charge in [0.1, 0.15) is 18.9 Å². The summed E-state index contributed by atoms with van der Waals surface area (Å²) in [5.41, 5.74) is 0.109. The molecule has 160 valence electrons. The largest absolute Gasteiger partial charge is 0.463 e. The molecule has 0 saturated heterocycles. The SMILES string of the molecule is C#COC(=O)C(=C)COCCOCCOCCOCCOC(=O)CP(=O)(O)O. The Hall–Kier alpha value is -1.77. The predicted molar refractivity (Wildman–Crippen MR) is 95.2 cm³/mol. The van der Waals surface area contributed by atoms with Crippen molar-refractivity contribution in [3.63, 3.8) is 0 Å². The zero-order valence-corrected chi connectivity index (χ0v) is 16.3. The third-order valence-corrected chi connectivity index (χ3v) is 3.33. The molecule has 12 heteroatoms. The van der Waals surface area contributed by atoms with Crippen LogP contribution in [0.25, 0.3) is 0 Å². The summed E-state index contributed by atoms with van der Waals surface area (Å²) in [7, 11) is -4.40. The molecular formula is C16H25O11P. The van der Waals surface area contributed by atoms with Gasteiger partial charge in [0, 0.05) is 0 Å². The first-order valence-electron chi connectivity index (χ1n) is 8.12. The van der Waals surface area contributed by atoms with Crippen LogP contribution >= 0.6 is 7.60 Å². The van der Waals surface area contributed by atoms with E-state index in [1.807, 2.05) is 0 Å². The Labute approximate surface area is 163 Å². The van der Waals surface area contributed by atoms with Crippen molar-refractivity contribution in [2.24, 2.45) is 0 Å². The summed E-state index contributed by atoms with van der Waals surface area (Å²) in [6, 6.07) is 0. The van der Waals surface area contributed by atoms with Gasteiger partial charge in [-0.3, -0.25) is 9.36 Å². The number of carbonyl (C=O) groups excluding carboxylic acids is 2. The van der Waals surface area contributed by atoms with E-state index in [1.165, 1.54) is 0 Å². The molecule has 0 spiro atoms. The quantitative estimate of drug-likeness (QED) is 0.102. The average molecular weight is 424 g/mol. The van der Waals surface area contributed by atoms with Crippen LogP contribution < -0.4 is 0 Å². The molecule has 0 aromatic carbocycles. The van der Waals surface area contributed by atoms with Crippen LogP contribution in [0.2, 0.25) is 0 Å². The fourth-order valence-electron chi connectivity index (χ4n) is 1.47. The van der Waals surface area contributed by atoms with Gasteiger partial charge in [0.05, 0.1) is 58.4 Å². The van der Waals surface area contributed by atoms with Gasteiger partial charge in [-0.25, -0.2) is 4.79 Å². The van der Waals surface area contributed by atoms with Crippen molar-refractivity contribution in [1.82, 2.24) is 0 Å². The minimum atomic E-state index is -4.40. The highest BCUT2D eigenvalue weighted by Gasteiger charge is 2.19. The van der Waals surface area contributed by atoms with Gasteiger partial charge < -0.3 is 38.2 Å². The molecule has 0 radical (unpaired) electrons. The second-order valence-corrected chi connectivity index (χ2v) is 6.69. The maximum atomic E-state index is 11.1. The van der Waals surface area contributed by atoms with Gasteiger partial charge in [-0.15, -0.1) is 0 Å². The van der Waals surface area contributed by atoms with Crippen molar-refractivity contribution in [3.05, 3.63) is 12.2 Å². The van der Waals surface area contributed by atoms with Crippen molar-refractivity contribution in [2.75, 3.05) is 65.6 Å². The van der Waals surface area contributed by atoms with E-state index >= 15 is 0 Å². The molecule has 0 atom stereocenters. The van der Waals surface area contributed by atoms with Crippen LogP contribution in [-0.4, -0.2) is 87.3 Å². The van der Waals surface area contributed by atoms with E-state index in [2.05, 4.69) is 16.1 Å². The number of esters is 2. The Morgan fingerprint density at radius 3 is 1.82 bits per heavy atom. The number of carbonyl (C=O) groups is 2. The third-order valence-electron chi connectivity index (χ3n) is 2.66. The standard InChI is InChI=1S/C16H25O11P/c1-3-26-16(18)14(2)12-25-9-8-23-5-4-22-6-7-24-10-11-27-15(17)13-28(19,20)21/h1H,2,4-13H2,(H2,19,20,21). The normalized spacial score (nSPS) is 10.9. The summed E-state index contributed by atoms with van der Waals surface area (Å²) < 4.78 is 40.2. The lowest BCUT2D eigenvalue weighted by molar-refractivity contribution is -0.142. The number of hydrogen-bond acceptors (Lipinski definition) is 9. The summed E-state index contributed by atoms with van der Waals surface area (Å²) in [5, 5.41) is 0. The Kier molecular flexibility index (Phi) is 15.2. The molecule has 0 fully saturated rings. The summed E-state index contributed by atoms with van der Waals surface area (Å²) in [6.45, 7) is 5.23. The van der Waals surface area contributed by atoms with Crippen molar-refractivity contribution in [1.29, 1.82) is 0 Å². The van der Waals surface area contributed by atoms with Gasteiger partial charge >= 0.3 is 19.5 Å². The maximum absolute atomic E-state index is 11.1. The number of terminal acetylenes is 1. The monoisotopic (exact) mass is 424 g/mol. The molecule has 0 aliphatic heterocycles. The number of rotatable bonds is 17. The van der Waals surface area contributed by atoms with Gasteiger partial charge in [-0.2, -0.15) is 0 Å². The summed E-state index contributed by atoms with van der Waals surface area (Å²) in [6.07, 6.45) is 5.61. The van der Waals surface area contributed by atoms with E-state index in [-0.39, 0.29) is 38.6 Å². The van der Waals surface area contributed by atoms with Gasteiger partial charge in [-0.05, 0) is 0 Å². The average Bonchev–Trinajstić information content (AvgIpc) is 2.60. The lowest BCUT2D eigenvalue weighted by Crippen LogP contribution is -2.16. The molecular weight excluding hydrogens is 399 g/mol. The minimum Gasteiger partial charge on any atom is -0.463 e. The maximum Gasteiger partial charge on any atom is 0.349 e. The van der Waals surface area contributed by atoms with Gasteiger partial charge in [0.15, 0.2) is 0 Å². The van der Waals surface area contributed by atoms with E-state index in [0.717, 1.165) is 0 Å². The first kappa shape index (κ1) is 26.2. The van der Waals surface area contributed by atoms with Crippen LogP contribution in [0.5, 0.6) is 0 Å². The van der Waals surface area contributed by atoms with Gasteiger partial charge in [-0.1, -0.05) is 13.0 Å². The highest BCUT2D eigenvalue weighted by Crippen LogP contribution is 2.33. The molecule has 0 aromatic heterocycles. The Morgan fingerprint density at radius 1 is 0.893 bits per heavy atom. The zero-order valence-electron chi connectivity index (χ0n) is 15.4. The molecule has 0 saturated carbocycles. The van der Waals surface area contributed by atoms with Crippen molar-refractivity contribution < 1.29 is 52.4 Å². The lowest BCUT2D eigenvalue weighted by atomic mass is 10.3. The highest BCUT2D eigenvalue weighted by atomic mass is 31.2. The molecule has 0 aliphatic carbocycles. The fourth-order valence-corrected chi connectivity index (χ4v) is 1.90. The van der Waals surface area contributed by atoms with Crippen LogP contribution in [0.4, 0.5) is 0 Å². The Bertz CT molecular complexity index is 563. The predicted octanol–water partition coefficient (Wildman–Crippen LogP) is -0.536. The highest BCUT2D eigenvalue weighted by molar-refractivity contribution is 7.52. The second-order valence-electron chi connectivity index (χ2n) is 5.04. The van der Waals surface area contributed by atoms with Crippen LogP contribution in [0.3, 0.4) is 0 Å². The molecule has 28 heavy (non-hydrogen) atoms. The summed E-state index contributed by atoms with van der Waals surface area (Å²) in [4.78, 5) is 39.3. The van der Waals surface area contributed by atoms with Crippen molar-refractivity contribution in [2.45, 2.75) is 0 Å². The Balaban J connectivity index is 3.31. The summed E-state index contributed by atoms with van der Waals surface area (Å²) in [5.74, 6) is -1.69. The molecule has 0 bridgehead atoms. The van der Waals surface area contributed by atoms with Crippen molar-refractivity contribution >= 4 is 19.5 Å². The van der Waals surface area contributed by atoms with Crippen LogP contribution in [0.15, 0.2) is 12.2 Å². The van der Waals surface area contributed by atoms with E-state index in [4.69, 9.17) is 35.2 Å². The molecule has 0 unspecified atom stereocenters. The van der Waals surface area contributed by atoms with Crippen molar-refractivity contribution in [3.8, 4) is 12.5 Å². The molecule has 0 heterocycles. The first-order chi connectivity index (χ1) is 13.3. The molecule has 0 rings (SSSR count). The van der Waals surface area contributed by atoms with E-state index in [1.54, 1.807) is 6.11 Å². The molecule has 0 amide bonds. The number of ether oxygens (including phenoxy) is 6. The zero-order chi connectivity index (χ0) is 21.3. The Morgan fingerprint density at radius 2 is 1.36 bits per heavy atom. The van der Waals surface area contributed by atoms with Crippen LogP contribution in [-0.2, 0) is 42.6 Å². The van der Waals surface area contributed by atoms with E-state index < -0.39 is 25.7 Å². The smallest absolute Gasteiger partial charge is 0.349 e. The first-order valence-corrected chi connectivity index (χ1v) is 9.91. The van der Waals surface area contributed by atoms with E-state index in [0.29, 0.717) is 26.4 Å². The fraction of sp³-hybridized carbons (Fsp3) is 0.625. The lowest BCUT2D eigenvalue weighted by Gasteiger charge is -2.08. The van der Waals surface area contributed by atoms with Crippen LogP contribution in [0.1, 0.15) is 0 Å². The van der Waals surface area contributed by atoms with Crippen LogP contribution in [0, 0.1) is 12.5 Å². The van der Waals surface area contributed by atoms with E-state index in [9.17, 15) is 14.2 Å². The molecule has 11 nitrogen and oxygen atoms in total. The molecule has 2 N–H and O–H groups in total. The second kappa shape index (κ2) is 16.2. The van der Waals surface area contributed by atoms with Gasteiger partial charge in [0.2, 0.25) is 0 Å². The molecule has 0 aliphatic rings. The van der Waals surface area contributed by atoms with Gasteiger partial charge in [0.25, 0.3) is 0 Å². The summed E-state index contributed by atoms with van der Waals surface area (Å²) >= 11 is 0. The number of hydrogen-bond donors (Lipinski definition) is 2. The topological polar surface area (TPSA) is 147 Å². The minimum absolute atomic E-state index is 0.00760.